The summed E-state index contributed by atoms with van der Waals surface area (Å²) in [4.78, 5) is 20.9. The smallest absolute Gasteiger partial charge is 0.254 e. The van der Waals surface area contributed by atoms with Crippen molar-refractivity contribution in [1.29, 1.82) is 0 Å². The van der Waals surface area contributed by atoms with Crippen molar-refractivity contribution in [3.05, 3.63) is 11.1 Å². The van der Waals surface area contributed by atoms with Gasteiger partial charge in [0, 0.05) is 17.6 Å². The summed E-state index contributed by atoms with van der Waals surface area (Å²) < 4.78 is 0. The largest absolute Gasteiger partial charge is 0.289 e. The third-order valence-corrected chi connectivity index (χ3v) is 1.37. The number of nitrogens with one attached hydrogen (secondary N) is 1. The summed E-state index contributed by atoms with van der Waals surface area (Å²) in [5, 5.41) is 2.16. The molecule has 1 N–H and O–H groups in total. The molecule has 0 saturated heterocycles. The molecule has 0 fully saturated rings. The maximum atomic E-state index is 10.4. The topological polar surface area (TPSA) is 46.2 Å². The van der Waals surface area contributed by atoms with E-state index >= 15 is 0 Å². The molecule has 0 bridgehead atoms. The first kappa shape index (κ1) is 3.83. The lowest BCUT2D eigenvalue weighted by atomic mass is 10.4. The predicted octanol–water partition coefficient (Wildman–Crippen LogP) is -0.657. The summed E-state index contributed by atoms with van der Waals surface area (Å²) in [5.74, 6) is -0.380. The zero-order chi connectivity index (χ0) is 5.72. The van der Waals surface area contributed by atoms with Gasteiger partial charge >= 0.3 is 0 Å². The Hall–Kier alpha value is -1.12. The minimum atomic E-state index is -0.190. The second kappa shape index (κ2) is 0.844. The van der Waals surface area contributed by atoms with Crippen molar-refractivity contribution in [2.45, 2.75) is 6.42 Å². The molecule has 0 aromatic carbocycles. The highest BCUT2D eigenvalue weighted by Gasteiger charge is 2.40. The lowest BCUT2D eigenvalue weighted by Crippen LogP contribution is -2.25. The standard InChI is InChI=1S/C5H3NO2/c7-4-2-1-3(2)5(8)6-4/h1H2,(H,6,7,8). The predicted molar refractivity (Wildman–Crippen MR) is 24.8 cm³/mol. The zero-order valence-electron chi connectivity index (χ0n) is 4.02. The normalized spacial score (nSPS) is 23.5. The van der Waals surface area contributed by atoms with Crippen LogP contribution >= 0.6 is 0 Å². The van der Waals surface area contributed by atoms with Crippen LogP contribution in [0, 0.1) is 0 Å². The second-order valence-electron chi connectivity index (χ2n) is 1.92. The van der Waals surface area contributed by atoms with Crippen molar-refractivity contribution in [2.75, 3.05) is 0 Å². The van der Waals surface area contributed by atoms with Crippen LogP contribution in [0.5, 0.6) is 0 Å². The Morgan fingerprint density at radius 2 is 1.62 bits per heavy atom. The number of carbonyl (C=O) groups is 2. The van der Waals surface area contributed by atoms with Crippen molar-refractivity contribution in [2.24, 2.45) is 0 Å². The highest BCUT2D eigenvalue weighted by Crippen LogP contribution is 2.34. The number of hydrogen-bond donors (Lipinski definition) is 1. The van der Waals surface area contributed by atoms with Gasteiger partial charge in [0.2, 0.25) is 0 Å². The molecule has 0 aromatic heterocycles. The van der Waals surface area contributed by atoms with Crippen LogP contribution in [0.2, 0.25) is 0 Å². The SMILES string of the molecule is O=C1NC(=O)C2=C1C2. The van der Waals surface area contributed by atoms with Gasteiger partial charge in [-0.2, -0.15) is 0 Å². The molecule has 2 amide bonds. The molecule has 0 spiro atoms. The van der Waals surface area contributed by atoms with Gasteiger partial charge in [-0.05, 0) is 0 Å². The zero-order valence-corrected chi connectivity index (χ0v) is 4.02. The molecule has 1 aliphatic carbocycles. The van der Waals surface area contributed by atoms with Gasteiger partial charge in [-0.1, -0.05) is 0 Å². The van der Waals surface area contributed by atoms with Crippen LogP contribution in [0.4, 0.5) is 0 Å². The Labute approximate surface area is 45.4 Å². The summed E-state index contributed by atoms with van der Waals surface area (Å²) in [7, 11) is 0. The molecule has 0 radical (unpaired) electrons. The average molecular weight is 109 g/mol. The van der Waals surface area contributed by atoms with Gasteiger partial charge in [0.15, 0.2) is 0 Å². The Bertz CT molecular complexity index is 205. The summed E-state index contributed by atoms with van der Waals surface area (Å²) in [6.07, 6.45) is 0.630. The minimum Gasteiger partial charge on any atom is -0.289 e. The molecule has 0 atom stereocenters. The summed E-state index contributed by atoms with van der Waals surface area (Å²) in [6, 6.07) is 0. The summed E-state index contributed by atoms with van der Waals surface area (Å²) in [6.45, 7) is 0. The molecule has 3 heteroatoms. The van der Waals surface area contributed by atoms with Crippen LogP contribution in [0.25, 0.3) is 0 Å². The second-order valence-corrected chi connectivity index (χ2v) is 1.92. The van der Waals surface area contributed by atoms with Crippen LogP contribution in [0.1, 0.15) is 6.42 Å². The highest BCUT2D eigenvalue weighted by atomic mass is 16.2. The maximum Gasteiger partial charge on any atom is 0.254 e. The molecule has 0 unspecified atom stereocenters. The Morgan fingerprint density at radius 3 is 1.75 bits per heavy atom. The molecule has 1 heterocycles. The van der Waals surface area contributed by atoms with E-state index in [9.17, 15) is 9.59 Å². The average Bonchev–Trinajstić information content (AvgIpc) is 2.35. The van der Waals surface area contributed by atoms with E-state index in [1.807, 2.05) is 0 Å². The van der Waals surface area contributed by atoms with Gasteiger partial charge in [-0.3, -0.25) is 14.9 Å². The van der Waals surface area contributed by atoms with E-state index in [1.165, 1.54) is 0 Å². The van der Waals surface area contributed by atoms with Gasteiger partial charge < -0.3 is 0 Å². The van der Waals surface area contributed by atoms with Crippen LogP contribution in [0.15, 0.2) is 11.1 Å². The Kier molecular flexibility index (Phi) is 0.404. The minimum absolute atomic E-state index is 0.190. The Balaban J connectivity index is 2.48. The molecular formula is C5H3NO2. The van der Waals surface area contributed by atoms with E-state index in [1.54, 1.807) is 0 Å². The molecule has 0 saturated carbocycles. The summed E-state index contributed by atoms with van der Waals surface area (Å²) in [5.41, 5.74) is 1.38. The van der Waals surface area contributed by atoms with Crippen molar-refractivity contribution < 1.29 is 9.59 Å². The quantitative estimate of drug-likeness (QED) is 0.420. The van der Waals surface area contributed by atoms with Crippen molar-refractivity contribution in [1.82, 2.24) is 5.32 Å². The summed E-state index contributed by atoms with van der Waals surface area (Å²) >= 11 is 0. The maximum absolute atomic E-state index is 10.4. The fourth-order valence-corrected chi connectivity index (χ4v) is 0.821. The van der Waals surface area contributed by atoms with E-state index in [-0.39, 0.29) is 11.8 Å². The third kappa shape index (κ3) is 0.258. The molecule has 0 aromatic rings. The van der Waals surface area contributed by atoms with Crippen molar-refractivity contribution in [3.8, 4) is 0 Å². The number of carbonyl (C=O) groups excluding carboxylic acids is 2. The van der Waals surface area contributed by atoms with Crippen LogP contribution < -0.4 is 5.32 Å². The number of rotatable bonds is 0. The molecule has 40 valence electrons. The van der Waals surface area contributed by atoms with Gasteiger partial charge in [-0.15, -0.1) is 0 Å². The number of hydrogen-bond acceptors (Lipinski definition) is 2. The van der Waals surface area contributed by atoms with E-state index < -0.39 is 0 Å². The monoisotopic (exact) mass is 109 g/mol. The van der Waals surface area contributed by atoms with Crippen LogP contribution in [-0.2, 0) is 9.59 Å². The number of amides is 2. The van der Waals surface area contributed by atoms with Gasteiger partial charge in [-0.25, -0.2) is 0 Å². The first-order chi connectivity index (χ1) is 3.79. The lowest BCUT2D eigenvalue weighted by molar-refractivity contribution is -0.124. The molecular weight excluding hydrogens is 106 g/mol. The van der Waals surface area contributed by atoms with Gasteiger partial charge in [0.25, 0.3) is 11.8 Å². The lowest BCUT2D eigenvalue weighted by Gasteiger charge is -1.91. The molecule has 2 aliphatic rings. The van der Waals surface area contributed by atoms with E-state index in [4.69, 9.17) is 0 Å². The van der Waals surface area contributed by atoms with E-state index in [0.29, 0.717) is 17.6 Å². The molecule has 8 heavy (non-hydrogen) atoms. The molecule has 3 nitrogen and oxygen atoms in total. The first-order valence-corrected chi connectivity index (χ1v) is 2.37. The molecule has 2 rings (SSSR count). The van der Waals surface area contributed by atoms with Gasteiger partial charge in [0.05, 0.1) is 0 Å². The first-order valence-electron chi connectivity index (χ1n) is 2.37. The van der Waals surface area contributed by atoms with Gasteiger partial charge in [0.1, 0.15) is 0 Å². The van der Waals surface area contributed by atoms with E-state index in [2.05, 4.69) is 5.32 Å². The highest BCUT2D eigenvalue weighted by molar-refractivity contribution is 6.25. The van der Waals surface area contributed by atoms with Crippen molar-refractivity contribution in [3.63, 3.8) is 0 Å². The van der Waals surface area contributed by atoms with Crippen LogP contribution in [-0.4, -0.2) is 11.8 Å². The van der Waals surface area contributed by atoms with Crippen LogP contribution in [0.3, 0.4) is 0 Å². The molecule has 1 aliphatic heterocycles. The fraction of sp³-hybridized carbons (Fsp3) is 0.200. The number of imide groups is 1. The van der Waals surface area contributed by atoms with E-state index in [0.717, 1.165) is 0 Å². The number of piperidine rings is 1. The Morgan fingerprint density at radius 1 is 1.12 bits per heavy atom. The fourth-order valence-electron chi connectivity index (χ4n) is 0.821. The third-order valence-electron chi connectivity index (χ3n) is 1.37. The van der Waals surface area contributed by atoms with Crippen molar-refractivity contribution >= 4 is 11.8 Å².